The number of aromatic nitrogens is 6. The Morgan fingerprint density at radius 3 is 2.91 bits per heavy atom. The van der Waals surface area contributed by atoms with E-state index in [2.05, 4.69) is 20.5 Å². The van der Waals surface area contributed by atoms with Gasteiger partial charge in [-0.2, -0.15) is 4.68 Å². The zero-order valence-electron chi connectivity index (χ0n) is 11.9. The number of hydrogen-bond acceptors (Lipinski definition) is 6. The second-order valence-corrected chi connectivity index (χ2v) is 5.56. The molecular weight excluding hydrogens is 304 g/mol. The first-order chi connectivity index (χ1) is 10.7. The zero-order chi connectivity index (χ0) is 15.5. The van der Waals surface area contributed by atoms with Crippen molar-refractivity contribution in [1.82, 2.24) is 29.8 Å². The van der Waals surface area contributed by atoms with Crippen LogP contribution in [0.1, 0.15) is 13.3 Å². The van der Waals surface area contributed by atoms with E-state index in [9.17, 15) is 9.59 Å². The van der Waals surface area contributed by atoms with E-state index in [0.29, 0.717) is 22.6 Å². The maximum Gasteiger partial charge on any atom is 0.343 e. The lowest BCUT2D eigenvalue weighted by molar-refractivity contribution is 0.598. The topological polar surface area (TPSA) is 98.5 Å². The summed E-state index contributed by atoms with van der Waals surface area (Å²) < 4.78 is 2.81. The van der Waals surface area contributed by atoms with Crippen molar-refractivity contribution >= 4 is 22.7 Å². The van der Waals surface area contributed by atoms with E-state index in [1.807, 2.05) is 13.0 Å². The Labute approximate surface area is 129 Å². The minimum atomic E-state index is -0.249. The van der Waals surface area contributed by atoms with Crippen molar-refractivity contribution in [3.05, 3.63) is 45.1 Å². The van der Waals surface area contributed by atoms with Crippen molar-refractivity contribution in [2.24, 2.45) is 0 Å². The summed E-state index contributed by atoms with van der Waals surface area (Å²) in [5, 5.41) is 15.4. The number of fused-ring (bicyclic) bond motifs is 1. The van der Waals surface area contributed by atoms with Gasteiger partial charge in [0.25, 0.3) is 5.56 Å². The molecule has 0 aliphatic rings. The van der Waals surface area contributed by atoms with Gasteiger partial charge in [0.2, 0.25) is 0 Å². The van der Waals surface area contributed by atoms with Crippen LogP contribution in [0, 0.1) is 0 Å². The van der Waals surface area contributed by atoms with E-state index in [-0.39, 0.29) is 17.1 Å². The summed E-state index contributed by atoms with van der Waals surface area (Å²) in [6, 6.07) is 7.06. The van der Waals surface area contributed by atoms with Crippen LogP contribution in [0.15, 0.2) is 39.0 Å². The largest absolute Gasteiger partial charge is 0.343 e. The summed E-state index contributed by atoms with van der Waals surface area (Å²) in [5.41, 5.74) is 0.107. The molecule has 0 atom stereocenters. The van der Waals surface area contributed by atoms with Crippen molar-refractivity contribution in [1.29, 1.82) is 0 Å². The minimum Gasteiger partial charge on any atom is -0.270 e. The molecule has 0 saturated carbocycles. The maximum atomic E-state index is 12.3. The molecule has 1 aromatic carbocycles. The highest BCUT2D eigenvalue weighted by atomic mass is 32.2. The highest BCUT2D eigenvalue weighted by molar-refractivity contribution is 7.98. The van der Waals surface area contributed by atoms with Gasteiger partial charge < -0.3 is 0 Å². The molecule has 0 fully saturated rings. The van der Waals surface area contributed by atoms with Crippen LogP contribution in [0.4, 0.5) is 0 Å². The predicted octanol–water partition coefficient (Wildman–Crippen LogP) is 0.836. The highest BCUT2D eigenvalue weighted by Crippen LogP contribution is 2.15. The number of benzene rings is 1. The van der Waals surface area contributed by atoms with Crippen LogP contribution in [-0.4, -0.2) is 29.8 Å². The molecule has 22 heavy (non-hydrogen) atoms. The highest BCUT2D eigenvalue weighted by Gasteiger charge is 2.10. The quantitative estimate of drug-likeness (QED) is 0.700. The Hall–Kier alpha value is -2.42. The molecule has 0 aliphatic heterocycles. The Balaban J connectivity index is 1.87. The molecule has 3 aromatic rings. The first-order valence-electron chi connectivity index (χ1n) is 6.81. The predicted molar refractivity (Wildman–Crippen MR) is 82.8 cm³/mol. The van der Waals surface area contributed by atoms with E-state index in [0.717, 1.165) is 6.42 Å². The second-order valence-electron chi connectivity index (χ2n) is 4.65. The molecule has 0 unspecified atom stereocenters. The van der Waals surface area contributed by atoms with Crippen molar-refractivity contribution in [3.63, 3.8) is 0 Å². The zero-order valence-corrected chi connectivity index (χ0v) is 12.7. The van der Waals surface area contributed by atoms with Crippen LogP contribution in [0.25, 0.3) is 10.9 Å². The van der Waals surface area contributed by atoms with E-state index in [1.165, 1.54) is 16.4 Å². The Bertz CT molecular complexity index is 913. The van der Waals surface area contributed by atoms with E-state index < -0.39 is 0 Å². The van der Waals surface area contributed by atoms with E-state index >= 15 is 0 Å². The Morgan fingerprint density at radius 2 is 2.09 bits per heavy atom. The lowest BCUT2D eigenvalue weighted by atomic mass is 10.2. The molecule has 0 bridgehead atoms. The maximum absolute atomic E-state index is 12.3. The number of thioether (sulfide) groups is 1. The molecule has 0 spiro atoms. The van der Waals surface area contributed by atoms with Gasteiger partial charge >= 0.3 is 5.69 Å². The molecule has 2 aromatic heterocycles. The molecule has 0 aliphatic carbocycles. The van der Waals surface area contributed by atoms with Crippen molar-refractivity contribution in [3.8, 4) is 0 Å². The molecule has 1 N–H and O–H groups in total. The third-order valence-corrected chi connectivity index (χ3v) is 4.06. The van der Waals surface area contributed by atoms with Gasteiger partial charge in [0, 0.05) is 6.54 Å². The summed E-state index contributed by atoms with van der Waals surface area (Å²) in [6.07, 6.45) is 0.822. The summed E-state index contributed by atoms with van der Waals surface area (Å²) >= 11 is 1.26. The second kappa shape index (κ2) is 6.14. The smallest absolute Gasteiger partial charge is 0.270 e. The number of nitrogens with one attached hydrogen (secondary N) is 1. The number of aromatic amines is 1. The van der Waals surface area contributed by atoms with Crippen LogP contribution in [0.2, 0.25) is 0 Å². The molecule has 2 heterocycles. The monoisotopic (exact) mass is 318 g/mol. The molecule has 3 rings (SSSR count). The molecule has 8 nitrogen and oxygen atoms in total. The van der Waals surface area contributed by atoms with Crippen LogP contribution < -0.4 is 11.2 Å². The fraction of sp³-hybridized carbons (Fsp3) is 0.308. The first-order valence-corrected chi connectivity index (χ1v) is 7.80. The van der Waals surface area contributed by atoms with Gasteiger partial charge in [0.15, 0.2) is 5.16 Å². The lowest BCUT2D eigenvalue weighted by Gasteiger charge is -2.05. The third kappa shape index (κ3) is 2.67. The standard InChI is InChI=1S/C13H14N6O2S/c1-2-7-18-12(21)15-16-13(18)22-8-19-11(20)9-5-3-4-6-10(9)14-17-19/h3-6H,2,7-8H2,1H3,(H,15,21). The van der Waals surface area contributed by atoms with Crippen LogP contribution in [0.3, 0.4) is 0 Å². The van der Waals surface area contributed by atoms with Crippen LogP contribution in [-0.2, 0) is 12.4 Å². The third-order valence-electron chi connectivity index (χ3n) is 3.12. The average Bonchev–Trinajstić information content (AvgIpc) is 2.88. The van der Waals surface area contributed by atoms with Crippen LogP contribution >= 0.6 is 11.8 Å². The fourth-order valence-corrected chi connectivity index (χ4v) is 2.91. The van der Waals surface area contributed by atoms with Crippen LogP contribution in [0.5, 0.6) is 0 Å². The average molecular weight is 318 g/mol. The summed E-state index contributed by atoms with van der Waals surface area (Å²) in [4.78, 5) is 23.9. The van der Waals surface area contributed by atoms with Crippen molar-refractivity contribution < 1.29 is 0 Å². The molecule has 0 amide bonds. The Morgan fingerprint density at radius 1 is 1.27 bits per heavy atom. The summed E-state index contributed by atoms with van der Waals surface area (Å²) in [7, 11) is 0. The number of hydrogen-bond donors (Lipinski definition) is 1. The van der Waals surface area contributed by atoms with Gasteiger partial charge in [-0.1, -0.05) is 36.0 Å². The van der Waals surface area contributed by atoms with Gasteiger partial charge in [-0.05, 0) is 18.6 Å². The van der Waals surface area contributed by atoms with Gasteiger partial charge in [-0.3, -0.25) is 9.36 Å². The van der Waals surface area contributed by atoms with Gasteiger partial charge in [-0.15, -0.1) is 10.2 Å². The lowest BCUT2D eigenvalue weighted by Crippen LogP contribution is -2.23. The molecule has 9 heteroatoms. The number of nitrogens with zero attached hydrogens (tertiary/aromatic N) is 5. The molecule has 0 saturated heterocycles. The summed E-state index contributed by atoms with van der Waals surface area (Å²) in [6.45, 7) is 2.56. The number of rotatable bonds is 5. The molecule has 0 radical (unpaired) electrons. The normalized spacial score (nSPS) is 11.1. The first kappa shape index (κ1) is 14.5. The molecule has 114 valence electrons. The van der Waals surface area contributed by atoms with Crippen molar-refractivity contribution in [2.45, 2.75) is 30.9 Å². The van der Waals surface area contributed by atoms with Crippen molar-refractivity contribution in [2.75, 3.05) is 0 Å². The van der Waals surface area contributed by atoms with Gasteiger partial charge in [-0.25, -0.2) is 9.89 Å². The van der Waals surface area contributed by atoms with E-state index in [4.69, 9.17) is 0 Å². The fourth-order valence-electron chi connectivity index (χ4n) is 2.06. The van der Waals surface area contributed by atoms with Gasteiger partial charge in [0.1, 0.15) is 5.52 Å². The number of H-pyrrole nitrogens is 1. The van der Waals surface area contributed by atoms with E-state index in [1.54, 1.807) is 22.8 Å². The molecular formula is C13H14N6O2S. The SMILES string of the molecule is CCCn1c(SCn2nnc3ccccc3c2=O)n[nH]c1=O. The minimum absolute atomic E-state index is 0.210. The van der Waals surface area contributed by atoms with Gasteiger partial charge in [0.05, 0.1) is 11.3 Å². The Kier molecular flexibility index (Phi) is 4.05. The summed E-state index contributed by atoms with van der Waals surface area (Å²) in [5.74, 6) is 0.241.